The van der Waals surface area contributed by atoms with Crippen molar-refractivity contribution in [3.63, 3.8) is 0 Å². The lowest BCUT2D eigenvalue weighted by Crippen LogP contribution is -2.41. The van der Waals surface area contributed by atoms with Gasteiger partial charge >= 0.3 is 0 Å². The van der Waals surface area contributed by atoms with E-state index in [1.807, 2.05) is 0 Å². The lowest BCUT2D eigenvalue weighted by molar-refractivity contribution is -0.0419. The van der Waals surface area contributed by atoms with Crippen molar-refractivity contribution >= 4 is 0 Å². The van der Waals surface area contributed by atoms with Crippen LogP contribution in [0.3, 0.4) is 0 Å². The van der Waals surface area contributed by atoms with Crippen molar-refractivity contribution in [2.45, 2.75) is 71.4 Å². The Hall–Kier alpha value is -0.830. The molecule has 3 heteroatoms. The van der Waals surface area contributed by atoms with Gasteiger partial charge < -0.3 is 5.11 Å². The van der Waals surface area contributed by atoms with Crippen LogP contribution in [-0.2, 0) is 19.4 Å². The van der Waals surface area contributed by atoms with Gasteiger partial charge in [-0.1, -0.05) is 26.7 Å². The molecule has 0 radical (unpaired) electrons. The van der Waals surface area contributed by atoms with Gasteiger partial charge in [-0.2, -0.15) is 5.10 Å². The molecule has 1 aromatic heterocycles. The van der Waals surface area contributed by atoms with E-state index in [1.165, 1.54) is 12.1 Å². The van der Waals surface area contributed by atoms with Gasteiger partial charge in [-0.3, -0.25) is 4.68 Å². The van der Waals surface area contributed by atoms with Gasteiger partial charge in [0, 0.05) is 18.7 Å². The highest BCUT2D eigenvalue weighted by atomic mass is 16.3. The molecular weight excluding hydrogens is 224 g/mol. The fourth-order valence-corrected chi connectivity index (χ4v) is 3.08. The van der Waals surface area contributed by atoms with Gasteiger partial charge in [0.2, 0.25) is 0 Å². The number of hydrogen-bond acceptors (Lipinski definition) is 2. The molecule has 102 valence electrons. The zero-order valence-electron chi connectivity index (χ0n) is 11.9. The molecule has 0 bridgehead atoms. The molecule has 0 aromatic carbocycles. The van der Waals surface area contributed by atoms with Gasteiger partial charge in [0.1, 0.15) is 0 Å². The predicted molar refractivity (Wildman–Crippen MR) is 73.6 cm³/mol. The number of rotatable bonds is 4. The van der Waals surface area contributed by atoms with E-state index in [4.69, 9.17) is 0 Å². The molecule has 2 unspecified atom stereocenters. The standard InChI is InChI=1S/C15H26N2O/c1-4-13-10-14(17(5-2)16-13)11-15(18)9-7-6-8-12(15)3/h10,12,18H,4-9,11H2,1-3H3. The van der Waals surface area contributed by atoms with Crippen molar-refractivity contribution in [3.05, 3.63) is 17.5 Å². The Labute approximate surface area is 110 Å². The molecule has 3 nitrogen and oxygen atoms in total. The Kier molecular flexibility index (Phi) is 4.10. The minimum Gasteiger partial charge on any atom is -0.389 e. The van der Waals surface area contributed by atoms with Crippen LogP contribution in [0.25, 0.3) is 0 Å². The third kappa shape index (κ3) is 2.61. The van der Waals surface area contributed by atoms with E-state index in [-0.39, 0.29) is 0 Å². The summed E-state index contributed by atoms with van der Waals surface area (Å²) in [5, 5.41) is 15.4. The molecular formula is C15H26N2O. The smallest absolute Gasteiger partial charge is 0.0728 e. The second-order valence-corrected chi connectivity index (χ2v) is 5.72. The van der Waals surface area contributed by atoms with Gasteiger partial charge in [-0.05, 0) is 38.2 Å². The van der Waals surface area contributed by atoms with Gasteiger partial charge in [-0.15, -0.1) is 0 Å². The van der Waals surface area contributed by atoms with Crippen LogP contribution in [0.2, 0.25) is 0 Å². The maximum Gasteiger partial charge on any atom is 0.0728 e. The molecule has 1 saturated carbocycles. The Balaban J connectivity index is 2.19. The topological polar surface area (TPSA) is 38.0 Å². The molecule has 1 N–H and O–H groups in total. The molecule has 1 aliphatic carbocycles. The summed E-state index contributed by atoms with van der Waals surface area (Å²) in [6, 6.07) is 2.17. The molecule has 0 spiro atoms. The minimum absolute atomic E-state index is 0.400. The molecule has 18 heavy (non-hydrogen) atoms. The van der Waals surface area contributed by atoms with E-state index >= 15 is 0 Å². The van der Waals surface area contributed by atoms with Crippen LogP contribution in [0.4, 0.5) is 0 Å². The highest BCUT2D eigenvalue weighted by molar-refractivity contribution is 5.14. The van der Waals surface area contributed by atoms with Gasteiger partial charge in [-0.25, -0.2) is 0 Å². The van der Waals surface area contributed by atoms with Crippen LogP contribution in [0.5, 0.6) is 0 Å². The first-order valence-electron chi connectivity index (χ1n) is 7.37. The number of nitrogens with zero attached hydrogens (tertiary/aromatic N) is 2. The largest absolute Gasteiger partial charge is 0.389 e. The van der Waals surface area contributed by atoms with Crippen molar-refractivity contribution in [1.82, 2.24) is 9.78 Å². The summed E-state index contributed by atoms with van der Waals surface area (Å²) in [5.41, 5.74) is 1.82. The lowest BCUT2D eigenvalue weighted by Gasteiger charge is -2.38. The number of hydrogen-bond donors (Lipinski definition) is 1. The third-order valence-electron chi connectivity index (χ3n) is 4.48. The summed E-state index contributed by atoms with van der Waals surface area (Å²) >= 11 is 0. The normalized spacial score (nSPS) is 28.6. The first-order chi connectivity index (χ1) is 8.59. The van der Waals surface area contributed by atoms with Crippen LogP contribution in [-0.4, -0.2) is 20.5 Å². The van der Waals surface area contributed by atoms with Crippen molar-refractivity contribution in [2.24, 2.45) is 5.92 Å². The van der Waals surface area contributed by atoms with Crippen LogP contribution in [0.1, 0.15) is 57.8 Å². The highest BCUT2D eigenvalue weighted by Crippen LogP contribution is 2.36. The second kappa shape index (κ2) is 5.43. The fourth-order valence-electron chi connectivity index (χ4n) is 3.08. The summed E-state index contributed by atoms with van der Waals surface area (Å²) < 4.78 is 2.05. The zero-order valence-corrected chi connectivity index (χ0v) is 11.9. The highest BCUT2D eigenvalue weighted by Gasteiger charge is 2.36. The van der Waals surface area contributed by atoms with Crippen molar-refractivity contribution in [1.29, 1.82) is 0 Å². The number of aryl methyl sites for hydroxylation is 2. The molecule has 1 aliphatic rings. The molecule has 1 aromatic rings. The Morgan fingerprint density at radius 2 is 2.22 bits per heavy atom. The Morgan fingerprint density at radius 1 is 1.44 bits per heavy atom. The molecule has 1 fully saturated rings. The van der Waals surface area contributed by atoms with E-state index in [2.05, 4.69) is 36.6 Å². The third-order valence-corrected chi connectivity index (χ3v) is 4.48. The minimum atomic E-state index is -0.518. The Morgan fingerprint density at radius 3 is 2.83 bits per heavy atom. The molecule has 1 heterocycles. The van der Waals surface area contributed by atoms with Gasteiger partial charge in [0.05, 0.1) is 11.3 Å². The molecule has 0 aliphatic heterocycles. The quantitative estimate of drug-likeness (QED) is 0.892. The summed E-state index contributed by atoms with van der Waals surface area (Å²) in [6.07, 6.45) is 6.23. The number of aliphatic hydroxyl groups is 1. The van der Waals surface area contributed by atoms with E-state index in [0.29, 0.717) is 5.92 Å². The number of aromatic nitrogens is 2. The average molecular weight is 250 g/mol. The first kappa shape index (κ1) is 13.6. The van der Waals surface area contributed by atoms with Crippen LogP contribution < -0.4 is 0 Å². The van der Waals surface area contributed by atoms with E-state index in [0.717, 1.165) is 44.3 Å². The lowest BCUT2D eigenvalue weighted by atomic mass is 9.74. The Bertz CT molecular complexity index is 399. The maximum absolute atomic E-state index is 10.9. The van der Waals surface area contributed by atoms with Crippen molar-refractivity contribution < 1.29 is 5.11 Å². The van der Waals surface area contributed by atoms with E-state index in [1.54, 1.807) is 0 Å². The molecule has 0 amide bonds. The van der Waals surface area contributed by atoms with Crippen molar-refractivity contribution in [2.75, 3.05) is 0 Å². The van der Waals surface area contributed by atoms with Gasteiger partial charge in [0.15, 0.2) is 0 Å². The monoisotopic (exact) mass is 250 g/mol. The van der Waals surface area contributed by atoms with Crippen LogP contribution in [0, 0.1) is 5.92 Å². The first-order valence-corrected chi connectivity index (χ1v) is 7.37. The SMILES string of the molecule is CCc1cc(CC2(O)CCCCC2C)n(CC)n1. The van der Waals surface area contributed by atoms with E-state index < -0.39 is 5.60 Å². The molecule has 2 rings (SSSR count). The summed E-state index contributed by atoms with van der Waals surface area (Å²) in [6.45, 7) is 7.32. The van der Waals surface area contributed by atoms with Gasteiger partial charge in [0.25, 0.3) is 0 Å². The second-order valence-electron chi connectivity index (χ2n) is 5.72. The average Bonchev–Trinajstić information content (AvgIpc) is 2.75. The summed E-state index contributed by atoms with van der Waals surface area (Å²) in [5.74, 6) is 0.400. The van der Waals surface area contributed by atoms with E-state index in [9.17, 15) is 5.11 Å². The van der Waals surface area contributed by atoms with Crippen LogP contribution >= 0.6 is 0 Å². The summed E-state index contributed by atoms with van der Waals surface area (Å²) in [7, 11) is 0. The van der Waals surface area contributed by atoms with Crippen molar-refractivity contribution in [3.8, 4) is 0 Å². The van der Waals surface area contributed by atoms with Crippen LogP contribution in [0.15, 0.2) is 6.07 Å². The predicted octanol–water partition coefficient (Wildman–Crippen LogP) is 2.95. The molecule has 0 saturated heterocycles. The summed E-state index contributed by atoms with van der Waals surface area (Å²) in [4.78, 5) is 0. The molecule has 2 atom stereocenters. The maximum atomic E-state index is 10.9. The fraction of sp³-hybridized carbons (Fsp3) is 0.800. The zero-order chi connectivity index (χ0) is 13.2.